The summed E-state index contributed by atoms with van der Waals surface area (Å²) in [6, 6.07) is 7.36. The van der Waals surface area contributed by atoms with Crippen LogP contribution < -0.4 is 5.32 Å². The molecule has 1 aromatic carbocycles. The standard InChI is InChI=1S/C16H19ClN2O2/c1-10(16(21)18-12-4-2-11(17)3-5-12)19-13-6-7-14(19)9-15(20)8-13/h2-5,10,13-14H,6-9H2,1H3,(H,18,21). The van der Waals surface area contributed by atoms with E-state index in [2.05, 4.69) is 10.2 Å². The molecule has 0 radical (unpaired) electrons. The average molecular weight is 307 g/mol. The summed E-state index contributed by atoms with van der Waals surface area (Å²) < 4.78 is 0. The zero-order chi connectivity index (χ0) is 15.0. The van der Waals surface area contributed by atoms with Gasteiger partial charge in [-0.15, -0.1) is 0 Å². The van der Waals surface area contributed by atoms with Crippen molar-refractivity contribution in [3.05, 3.63) is 29.3 Å². The number of hydrogen-bond donors (Lipinski definition) is 1. The molecular formula is C16H19ClN2O2. The van der Waals surface area contributed by atoms with E-state index in [1.165, 1.54) is 0 Å². The minimum atomic E-state index is -0.216. The number of halogens is 1. The van der Waals surface area contributed by atoms with Crippen molar-refractivity contribution in [1.29, 1.82) is 0 Å². The highest BCUT2D eigenvalue weighted by atomic mass is 35.5. The molecule has 112 valence electrons. The van der Waals surface area contributed by atoms with Gasteiger partial charge in [-0.25, -0.2) is 0 Å². The van der Waals surface area contributed by atoms with Crippen molar-refractivity contribution in [3.63, 3.8) is 0 Å². The summed E-state index contributed by atoms with van der Waals surface area (Å²) in [6.45, 7) is 1.92. The Morgan fingerprint density at radius 3 is 2.38 bits per heavy atom. The highest BCUT2D eigenvalue weighted by Crippen LogP contribution is 2.35. The van der Waals surface area contributed by atoms with Gasteiger partial charge in [0, 0.05) is 35.6 Å². The van der Waals surface area contributed by atoms with Gasteiger partial charge in [-0.1, -0.05) is 11.6 Å². The van der Waals surface area contributed by atoms with Crippen molar-refractivity contribution in [2.45, 2.75) is 50.7 Å². The van der Waals surface area contributed by atoms with Crippen LogP contribution in [-0.2, 0) is 9.59 Å². The van der Waals surface area contributed by atoms with Gasteiger partial charge in [-0.05, 0) is 44.0 Å². The van der Waals surface area contributed by atoms with Crippen LogP contribution in [0.1, 0.15) is 32.6 Å². The molecule has 2 bridgehead atoms. The summed E-state index contributed by atoms with van der Waals surface area (Å²) in [5.74, 6) is 0.313. The number of rotatable bonds is 3. The Bertz CT molecular complexity index is 542. The van der Waals surface area contributed by atoms with Gasteiger partial charge in [0.25, 0.3) is 0 Å². The molecule has 0 saturated carbocycles. The summed E-state index contributed by atoms with van der Waals surface area (Å²) >= 11 is 5.84. The van der Waals surface area contributed by atoms with Crippen molar-refractivity contribution in [1.82, 2.24) is 4.90 Å². The molecule has 1 amide bonds. The number of amides is 1. The fourth-order valence-corrected chi connectivity index (χ4v) is 3.68. The first kappa shape index (κ1) is 14.5. The second-order valence-corrected chi connectivity index (χ2v) is 6.39. The van der Waals surface area contributed by atoms with Crippen LogP contribution in [0, 0.1) is 0 Å². The highest BCUT2D eigenvalue weighted by molar-refractivity contribution is 6.30. The lowest BCUT2D eigenvalue weighted by Gasteiger charge is -2.37. The van der Waals surface area contributed by atoms with Crippen molar-refractivity contribution >= 4 is 29.0 Å². The minimum Gasteiger partial charge on any atom is -0.325 e. The number of nitrogens with one attached hydrogen (secondary N) is 1. The van der Waals surface area contributed by atoms with Crippen LogP contribution in [0.2, 0.25) is 5.02 Å². The summed E-state index contributed by atoms with van der Waals surface area (Å²) in [6.07, 6.45) is 3.23. The molecule has 2 fully saturated rings. The predicted octanol–water partition coefficient (Wildman–Crippen LogP) is 2.86. The molecule has 3 atom stereocenters. The van der Waals surface area contributed by atoms with Crippen LogP contribution in [0.25, 0.3) is 0 Å². The van der Waals surface area contributed by atoms with E-state index in [1.54, 1.807) is 24.3 Å². The fraction of sp³-hybridized carbons (Fsp3) is 0.500. The SMILES string of the molecule is CC(C(=O)Nc1ccc(Cl)cc1)N1C2CCC1CC(=O)C2. The first-order valence-corrected chi connectivity index (χ1v) is 7.78. The zero-order valence-corrected chi connectivity index (χ0v) is 12.8. The van der Waals surface area contributed by atoms with Gasteiger partial charge < -0.3 is 5.32 Å². The Hall–Kier alpha value is -1.39. The number of nitrogens with zero attached hydrogens (tertiary/aromatic N) is 1. The molecule has 4 nitrogen and oxygen atoms in total. The summed E-state index contributed by atoms with van der Waals surface area (Å²) in [4.78, 5) is 26.3. The number of ketones is 1. The first-order chi connectivity index (χ1) is 10.0. The lowest BCUT2D eigenvalue weighted by molar-refractivity contribution is -0.129. The molecule has 3 unspecified atom stereocenters. The smallest absolute Gasteiger partial charge is 0.241 e. The van der Waals surface area contributed by atoms with E-state index in [0.717, 1.165) is 18.5 Å². The van der Waals surface area contributed by atoms with Gasteiger partial charge >= 0.3 is 0 Å². The number of fused-ring (bicyclic) bond motifs is 2. The van der Waals surface area contributed by atoms with Gasteiger partial charge in [-0.2, -0.15) is 0 Å². The third-order valence-corrected chi connectivity index (χ3v) is 4.79. The molecule has 1 aromatic rings. The summed E-state index contributed by atoms with van der Waals surface area (Å²) in [5.41, 5.74) is 0.747. The maximum atomic E-state index is 12.4. The Kier molecular flexibility index (Phi) is 4.00. The predicted molar refractivity (Wildman–Crippen MR) is 82.4 cm³/mol. The van der Waals surface area contributed by atoms with E-state index >= 15 is 0 Å². The minimum absolute atomic E-state index is 0.0245. The van der Waals surface area contributed by atoms with Crippen molar-refractivity contribution in [2.75, 3.05) is 5.32 Å². The maximum absolute atomic E-state index is 12.4. The molecule has 5 heteroatoms. The molecular weight excluding hydrogens is 288 g/mol. The number of Topliss-reactive ketones (excluding diaryl/α,β-unsaturated/α-hetero) is 1. The van der Waals surface area contributed by atoms with Crippen molar-refractivity contribution < 1.29 is 9.59 Å². The maximum Gasteiger partial charge on any atom is 0.241 e. The molecule has 2 saturated heterocycles. The normalized spacial score (nSPS) is 26.7. The monoisotopic (exact) mass is 306 g/mol. The van der Waals surface area contributed by atoms with Crippen LogP contribution in [0.5, 0.6) is 0 Å². The lowest BCUT2D eigenvalue weighted by Crippen LogP contribution is -2.52. The number of piperidine rings is 1. The van der Waals surface area contributed by atoms with Crippen LogP contribution >= 0.6 is 11.6 Å². The van der Waals surface area contributed by atoms with E-state index in [0.29, 0.717) is 23.6 Å². The van der Waals surface area contributed by atoms with Crippen molar-refractivity contribution in [2.24, 2.45) is 0 Å². The lowest BCUT2D eigenvalue weighted by atomic mass is 9.99. The number of carbonyl (C=O) groups is 2. The quantitative estimate of drug-likeness (QED) is 0.934. The molecule has 1 N–H and O–H groups in total. The van der Waals surface area contributed by atoms with Gasteiger partial charge in [0.05, 0.1) is 6.04 Å². The molecule has 2 heterocycles. The highest BCUT2D eigenvalue weighted by Gasteiger charge is 2.43. The number of carbonyl (C=O) groups excluding carboxylic acids is 2. The molecule has 2 aliphatic rings. The van der Waals surface area contributed by atoms with Gasteiger partial charge in [0.15, 0.2) is 0 Å². The van der Waals surface area contributed by atoms with Gasteiger partial charge in [0.2, 0.25) is 5.91 Å². The van der Waals surface area contributed by atoms with Gasteiger partial charge in [0.1, 0.15) is 5.78 Å². The first-order valence-electron chi connectivity index (χ1n) is 7.40. The van der Waals surface area contributed by atoms with E-state index in [-0.39, 0.29) is 24.0 Å². The third kappa shape index (κ3) is 2.97. The second kappa shape index (κ2) is 5.78. The van der Waals surface area contributed by atoms with E-state index in [1.807, 2.05) is 6.92 Å². The number of benzene rings is 1. The Balaban J connectivity index is 1.67. The van der Waals surface area contributed by atoms with Crippen LogP contribution in [0.3, 0.4) is 0 Å². The molecule has 21 heavy (non-hydrogen) atoms. The largest absolute Gasteiger partial charge is 0.325 e. The van der Waals surface area contributed by atoms with Crippen molar-refractivity contribution in [3.8, 4) is 0 Å². The van der Waals surface area contributed by atoms with Crippen LogP contribution in [0.15, 0.2) is 24.3 Å². The number of hydrogen-bond acceptors (Lipinski definition) is 3. The second-order valence-electron chi connectivity index (χ2n) is 5.95. The number of anilines is 1. The zero-order valence-electron chi connectivity index (χ0n) is 12.0. The van der Waals surface area contributed by atoms with Crippen LogP contribution in [-0.4, -0.2) is 34.7 Å². The van der Waals surface area contributed by atoms with Gasteiger partial charge in [-0.3, -0.25) is 14.5 Å². The topological polar surface area (TPSA) is 49.4 Å². The molecule has 0 aliphatic carbocycles. The molecule has 2 aliphatic heterocycles. The molecule has 0 aromatic heterocycles. The fourth-order valence-electron chi connectivity index (χ4n) is 3.55. The summed E-state index contributed by atoms with van der Waals surface area (Å²) in [7, 11) is 0. The summed E-state index contributed by atoms with van der Waals surface area (Å²) in [5, 5.41) is 3.57. The molecule has 0 spiro atoms. The Labute approximate surface area is 129 Å². The molecule has 3 rings (SSSR count). The van der Waals surface area contributed by atoms with E-state index < -0.39 is 0 Å². The Morgan fingerprint density at radius 2 is 1.81 bits per heavy atom. The third-order valence-electron chi connectivity index (χ3n) is 4.54. The average Bonchev–Trinajstić information content (AvgIpc) is 2.72. The van der Waals surface area contributed by atoms with E-state index in [4.69, 9.17) is 11.6 Å². The van der Waals surface area contributed by atoms with Crippen LogP contribution in [0.4, 0.5) is 5.69 Å². The van der Waals surface area contributed by atoms with E-state index in [9.17, 15) is 9.59 Å². The Morgan fingerprint density at radius 1 is 1.24 bits per heavy atom.